The molecule has 2 rings (SSSR count). The van der Waals surface area contributed by atoms with Crippen molar-refractivity contribution in [1.29, 1.82) is 0 Å². The third-order valence-corrected chi connectivity index (χ3v) is 5.32. The minimum atomic E-state index is -0.191. The van der Waals surface area contributed by atoms with Crippen molar-refractivity contribution in [3.63, 3.8) is 0 Å². The number of piperidine rings is 1. The van der Waals surface area contributed by atoms with Crippen LogP contribution in [-0.4, -0.2) is 48.5 Å². The van der Waals surface area contributed by atoms with E-state index in [2.05, 4.69) is 11.8 Å². The minimum Gasteiger partial charge on any atom is -0.391 e. The first-order valence-corrected chi connectivity index (χ1v) is 8.13. The van der Waals surface area contributed by atoms with Gasteiger partial charge in [0.25, 0.3) is 0 Å². The molecule has 19 heavy (non-hydrogen) atoms. The van der Waals surface area contributed by atoms with Gasteiger partial charge in [-0.2, -0.15) is 0 Å². The summed E-state index contributed by atoms with van der Waals surface area (Å²) in [6.07, 6.45) is 9.69. The number of hydrogen-bond acceptors (Lipinski definition) is 3. The molecular formula is C16H31NO2. The number of aliphatic hydroxyl groups is 1. The smallest absolute Gasteiger partial charge is 0.0750 e. The summed E-state index contributed by atoms with van der Waals surface area (Å²) in [4.78, 5) is 2.62. The fourth-order valence-electron chi connectivity index (χ4n) is 4.12. The maximum Gasteiger partial charge on any atom is 0.0750 e. The number of nitrogens with zero attached hydrogens (tertiary/aromatic N) is 1. The number of methoxy groups -OCH3 is 1. The van der Waals surface area contributed by atoms with Crippen molar-refractivity contribution in [3.8, 4) is 0 Å². The van der Waals surface area contributed by atoms with Gasteiger partial charge in [0.15, 0.2) is 0 Å². The third-order valence-electron chi connectivity index (χ3n) is 5.32. The van der Waals surface area contributed by atoms with E-state index in [0.717, 1.165) is 13.0 Å². The Hall–Kier alpha value is -0.120. The Morgan fingerprint density at radius 3 is 2.32 bits per heavy atom. The topological polar surface area (TPSA) is 32.7 Å². The SMILES string of the molecule is COCCC(C)C(O)C1(N2CCCCC2)CCCC1. The highest BCUT2D eigenvalue weighted by atomic mass is 16.5. The number of aliphatic hydroxyl groups excluding tert-OH is 1. The second-order valence-electron chi connectivity index (χ2n) is 6.56. The van der Waals surface area contributed by atoms with E-state index in [1.165, 1.54) is 58.0 Å². The lowest BCUT2D eigenvalue weighted by atomic mass is 9.79. The Morgan fingerprint density at radius 2 is 1.74 bits per heavy atom. The molecule has 3 heteroatoms. The summed E-state index contributed by atoms with van der Waals surface area (Å²) in [5.41, 5.74) is 0.0770. The molecule has 0 amide bonds. The number of likely N-dealkylation sites (tertiary alicyclic amines) is 1. The van der Waals surface area contributed by atoms with E-state index >= 15 is 0 Å². The summed E-state index contributed by atoms with van der Waals surface area (Å²) in [5, 5.41) is 10.9. The second-order valence-corrected chi connectivity index (χ2v) is 6.56. The van der Waals surface area contributed by atoms with E-state index < -0.39 is 0 Å². The molecule has 0 aromatic rings. The van der Waals surface area contributed by atoms with E-state index in [1.807, 2.05) is 0 Å². The molecule has 112 valence electrons. The molecule has 0 spiro atoms. The molecule has 1 saturated heterocycles. The molecule has 2 fully saturated rings. The number of rotatable bonds is 6. The molecule has 1 saturated carbocycles. The van der Waals surface area contributed by atoms with E-state index in [1.54, 1.807) is 7.11 Å². The Morgan fingerprint density at radius 1 is 1.11 bits per heavy atom. The fourth-order valence-corrected chi connectivity index (χ4v) is 4.12. The van der Waals surface area contributed by atoms with E-state index in [-0.39, 0.29) is 11.6 Å². The van der Waals surface area contributed by atoms with Gasteiger partial charge in [-0.15, -0.1) is 0 Å². The largest absolute Gasteiger partial charge is 0.391 e. The van der Waals surface area contributed by atoms with Gasteiger partial charge in [0.05, 0.1) is 6.10 Å². The van der Waals surface area contributed by atoms with Crippen LogP contribution in [-0.2, 0) is 4.74 Å². The molecule has 0 aromatic heterocycles. The molecule has 0 bridgehead atoms. The van der Waals surface area contributed by atoms with Gasteiger partial charge in [0, 0.05) is 19.3 Å². The summed E-state index contributed by atoms with van der Waals surface area (Å²) in [6.45, 7) is 5.32. The van der Waals surface area contributed by atoms with Crippen LogP contribution in [0.5, 0.6) is 0 Å². The van der Waals surface area contributed by atoms with E-state index in [9.17, 15) is 5.11 Å². The van der Waals surface area contributed by atoms with Crippen LogP contribution in [0.15, 0.2) is 0 Å². The van der Waals surface area contributed by atoms with Gasteiger partial charge < -0.3 is 9.84 Å². The first-order chi connectivity index (χ1) is 9.20. The van der Waals surface area contributed by atoms with Gasteiger partial charge in [-0.25, -0.2) is 0 Å². The molecule has 3 nitrogen and oxygen atoms in total. The van der Waals surface area contributed by atoms with Crippen molar-refractivity contribution >= 4 is 0 Å². The highest BCUT2D eigenvalue weighted by Gasteiger charge is 2.47. The quantitative estimate of drug-likeness (QED) is 0.805. The van der Waals surface area contributed by atoms with Gasteiger partial charge in [-0.1, -0.05) is 26.2 Å². The second kappa shape index (κ2) is 7.05. The summed E-state index contributed by atoms with van der Waals surface area (Å²) >= 11 is 0. The molecule has 0 radical (unpaired) electrons. The van der Waals surface area contributed by atoms with Crippen molar-refractivity contribution in [2.75, 3.05) is 26.8 Å². The van der Waals surface area contributed by atoms with Gasteiger partial charge in [0.1, 0.15) is 0 Å². The predicted octanol–water partition coefficient (Wildman–Crippen LogP) is 2.82. The lowest BCUT2D eigenvalue weighted by molar-refractivity contribution is -0.0673. The Kier molecular flexibility index (Phi) is 5.67. The molecule has 2 atom stereocenters. The Balaban J connectivity index is 2.04. The van der Waals surface area contributed by atoms with Crippen LogP contribution in [0.4, 0.5) is 0 Å². The molecule has 1 heterocycles. The molecule has 0 aromatic carbocycles. The average molecular weight is 269 g/mol. The van der Waals surface area contributed by atoms with Crippen molar-refractivity contribution in [2.24, 2.45) is 5.92 Å². The molecular weight excluding hydrogens is 238 g/mol. The lowest BCUT2D eigenvalue weighted by Crippen LogP contribution is -2.58. The average Bonchev–Trinajstić information content (AvgIpc) is 2.95. The zero-order chi connectivity index (χ0) is 13.7. The zero-order valence-corrected chi connectivity index (χ0v) is 12.7. The first-order valence-electron chi connectivity index (χ1n) is 8.13. The van der Waals surface area contributed by atoms with Gasteiger partial charge >= 0.3 is 0 Å². The maximum atomic E-state index is 10.9. The predicted molar refractivity (Wildman–Crippen MR) is 78.3 cm³/mol. The van der Waals surface area contributed by atoms with Crippen LogP contribution in [0.25, 0.3) is 0 Å². The van der Waals surface area contributed by atoms with Crippen LogP contribution in [0.2, 0.25) is 0 Å². The molecule has 2 unspecified atom stereocenters. The monoisotopic (exact) mass is 269 g/mol. The van der Waals surface area contributed by atoms with E-state index in [4.69, 9.17) is 4.74 Å². The molecule has 1 aliphatic carbocycles. The minimum absolute atomic E-state index is 0.0770. The Labute approximate surface area is 118 Å². The molecule has 1 aliphatic heterocycles. The first kappa shape index (κ1) is 15.3. The van der Waals surface area contributed by atoms with Crippen molar-refractivity contribution in [3.05, 3.63) is 0 Å². The third kappa shape index (κ3) is 3.32. The highest BCUT2D eigenvalue weighted by molar-refractivity contribution is 5.02. The van der Waals surface area contributed by atoms with Gasteiger partial charge in [-0.3, -0.25) is 4.90 Å². The van der Waals surface area contributed by atoms with Crippen molar-refractivity contribution in [1.82, 2.24) is 4.90 Å². The summed E-state index contributed by atoms with van der Waals surface area (Å²) in [5.74, 6) is 0.333. The number of ether oxygens (including phenoxy) is 1. The van der Waals surface area contributed by atoms with Crippen molar-refractivity contribution in [2.45, 2.75) is 69.9 Å². The van der Waals surface area contributed by atoms with Crippen LogP contribution < -0.4 is 0 Å². The summed E-state index contributed by atoms with van der Waals surface area (Å²) in [7, 11) is 1.75. The van der Waals surface area contributed by atoms with Crippen molar-refractivity contribution < 1.29 is 9.84 Å². The maximum absolute atomic E-state index is 10.9. The lowest BCUT2D eigenvalue weighted by Gasteiger charge is -2.48. The number of hydrogen-bond donors (Lipinski definition) is 1. The standard InChI is InChI=1S/C16H31NO2/c1-14(8-13-19-2)15(18)16(9-4-5-10-16)17-11-6-3-7-12-17/h14-15,18H,3-13H2,1-2H3. The Bertz CT molecular complexity index is 257. The molecule has 2 aliphatic rings. The van der Waals surface area contributed by atoms with Crippen LogP contribution in [0, 0.1) is 5.92 Å². The van der Waals surface area contributed by atoms with Crippen LogP contribution in [0.3, 0.4) is 0 Å². The molecule has 1 N–H and O–H groups in total. The van der Waals surface area contributed by atoms with Gasteiger partial charge in [-0.05, 0) is 51.1 Å². The zero-order valence-electron chi connectivity index (χ0n) is 12.7. The fraction of sp³-hybridized carbons (Fsp3) is 1.00. The van der Waals surface area contributed by atoms with Gasteiger partial charge in [0.2, 0.25) is 0 Å². The van der Waals surface area contributed by atoms with Crippen LogP contribution >= 0.6 is 0 Å². The van der Waals surface area contributed by atoms with Crippen LogP contribution in [0.1, 0.15) is 58.3 Å². The highest BCUT2D eigenvalue weighted by Crippen LogP contribution is 2.42. The summed E-state index contributed by atoms with van der Waals surface area (Å²) < 4.78 is 5.18. The van der Waals surface area contributed by atoms with E-state index in [0.29, 0.717) is 5.92 Å². The summed E-state index contributed by atoms with van der Waals surface area (Å²) in [6, 6.07) is 0. The normalized spacial score (nSPS) is 27.3.